The van der Waals surface area contributed by atoms with Crippen LogP contribution in [0.25, 0.3) is 0 Å². The molecule has 0 aromatic heterocycles. The molecule has 0 spiro atoms. The zero-order valence-electron chi connectivity index (χ0n) is 9.54. The Morgan fingerprint density at radius 3 is 2.81 bits per heavy atom. The summed E-state index contributed by atoms with van der Waals surface area (Å²) in [7, 11) is 0. The number of carbonyl (C=O) groups is 1. The average molecular weight is 249 g/mol. The van der Waals surface area contributed by atoms with E-state index >= 15 is 0 Å². The van der Waals surface area contributed by atoms with E-state index < -0.39 is 0 Å². The van der Waals surface area contributed by atoms with Crippen molar-refractivity contribution in [1.82, 2.24) is 10.6 Å². The average Bonchev–Trinajstić information content (AvgIpc) is 2.64. The summed E-state index contributed by atoms with van der Waals surface area (Å²) in [5.41, 5.74) is 0. The Balaban J connectivity index is 0.00000128. The fraction of sp³-hybridized carbons (Fsp3) is 0.909. The van der Waals surface area contributed by atoms with Crippen molar-refractivity contribution in [1.29, 1.82) is 0 Å². The predicted molar refractivity (Wildman–Crippen MR) is 64.8 cm³/mol. The first-order chi connectivity index (χ1) is 7.34. The molecule has 0 saturated carbocycles. The van der Waals surface area contributed by atoms with Gasteiger partial charge in [-0.1, -0.05) is 0 Å². The molecule has 1 atom stereocenters. The van der Waals surface area contributed by atoms with Crippen LogP contribution in [0.4, 0.5) is 0 Å². The van der Waals surface area contributed by atoms with Crippen LogP contribution in [-0.2, 0) is 9.53 Å². The third-order valence-electron chi connectivity index (χ3n) is 3.17. The summed E-state index contributed by atoms with van der Waals surface area (Å²) in [5, 5.41) is 6.16. The molecule has 1 unspecified atom stereocenters. The smallest absolute Gasteiger partial charge is 0.220 e. The number of rotatable bonds is 5. The summed E-state index contributed by atoms with van der Waals surface area (Å²) in [6, 6.07) is 0. The lowest BCUT2D eigenvalue weighted by atomic mass is 10.0. The van der Waals surface area contributed by atoms with Gasteiger partial charge in [-0.15, -0.1) is 12.4 Å². The number of halogens is 1. The van der Waals surface area contributed by atoms with E-state index in [0.29, 0.717) is 18.4 Å². The maximum absolute atomic E-state index is 11.5. The number of hydrogen-bond acceptors (Lipinski definition) is 3. The van der Waals surface area contributed by atoms with Crippen molar-refractivity contribution in [3.63, 3.8) is 0 Å². The maximum atomic E-state index is 11.5. The van der Waals surface area contributed by atoms with Crippen LogP contribution in [0.2, 0.25) is 0 Å². The lowest BCUT2D eigenvalue weighted by molar-refractivity contribution is -0.121. The summed E-state index contributed by atoms with van der Waals surface area (Å²) in [6.45, 7) is 3.80. The molecular formula is C11H21ClN2O2. The topological polar surface area (TPSA) is 50.4 Å². The molecule has 0 aromatic rings. The van der Waals surface area contributed by atoms with Gasteiger partial charge in [-0.2, -0.15) is 0 Å². The zero-order chi connectivity index (χ0) is 10.5. The van der Waals surface area contributed by atoms with E-state index in [-0.39, 0.29) is 18.3 Å². The molecule has 2 saturated heterocycles. The molecule has 1 amide bonds. The summed E-state index contributed by atoms with van der Waals surface area (Å²) < 4.78 is 5.47. The van der Waals surface area contributed by atoms with Crippen LogP contribution in [0.3, 0.4) is 0 Å². The van der Waals surface area contributed by atoms with Crippen molar-refractivity contribution in [2.24, 2.45) is 5.92 Å². The van der Waals surface area contributed by atoms with Crippen LogP contribution in [0.5, 0.6) is 0 Å². The number of amides is 1. The van der Waals surface area contributed by atoms with E-state index in [0.717, 1.165) is 45.5 Å². The minimum Gasteiger partial charge on any atom is -0.378 e. The summed E-state index contributed by atoms with van der Waals surface area (Å²) in [6.07, 6.45) is 4.11. The Bertz CT molecular complexity index is 216. The van der Waals surface area contributed by atoms with Gasteiger partial charge in [-0.3, -0.25) is 4.79 Å². The van der Waals surface area contributed by atoms with Gasteiger partial charge in [-0.05, 0) is 19.3 Å². The van der Waals surface area contributed by atoms with Gasteiger partial charge in [-0.25, -0.2) is 0 Å². The molecule has 2 fully saturated rings. The highest BCUT2D eigenvalue weighted by Gasteiger charge is 2.19. The van der Waals surface area contributed by atoms with E-state index in [9.17, 15) is 4.79 Å². The highest BCUT2D eigenvalue weighted by atomic mass is 35.5. The molecule has 4 nitrogen and oxygen atoms in total. The fourth-order valence-corrected chi connectivity index (χ4v) is 2.00. The molecule has 2 aliphatic rings. The van der Waals surface area contributed by atoms with Crippen LogP contribution in [0.1, 0.15) is 25.7 Å². The van der Waals surface area contributed by atoms with Gasteiger partial charge in [0.1, 0.15) is 0 Å². The Labute approximate surface area is 103 Å². The lowest BCUT2D eigenvalue weighted by Crippen LogP contribution is -2.48. The number of hydrogen-bond donors (Lipinski definition) is 2. The number of carbonyl (C=O) groups excluding carboxylic acids is 1. The van der Waals surface area contributed by atoms with Crippen LogP contribution in [-0.4, -0.2) is 38.3 Å². The summed E-state index contributed by atoms with van der Waals surface area (Å²) >= 11 is 0. The van der Waals surface area contributed by atoms with E-state index in [1.807, 2.05) is 0 Å². The fourth-order valence-electron chi connectivity index (χ4n) is 2.00. The Kier molecular flexibility index (Phi) is 6.09. The molecule has 0 bridgehead atoms. The molecule has 2 rings (SSSR count). The zero-order valence-corrected chi connectivity index (χ0v) is 10.4. The molecule has 5 heteroatoms. The monoisotopic (exact) mass is 248 g/mol. The first kappa shape index (κ1) is 13.7. The van der Waals surface area contributed by atoms with Gasteiger partial charge in [0.15, 0.2) is 0 Å². The molecule has 0 aliphatic carbocycles. The van der Waals surface area contributed by atoms with Crippen molar-refractivity contribution in [3.05, 3.63) is 0 Å². The van der Waals surface area contributed by atoms with Gasteiger partial charge in [0.05, 0.1) is 6.10 Å². The largest absolute Gasteiger partial charge is 0.378 e. The van der Waals surface area contributed by atoms with Gasteiger partial charge in [0, 0.05) is 38.6 Å². The van der Waals surface area contributed by atoms with Gasteiger partial charge in [0.25, 0.3) is 0 Å². The van der Waals surface area contributed by atoms with E-state index in [1.54, 1.807) is 0 Å². The van der Waals surface area contributed by atoms with Crippen LogP contribution in [0.15, 0.2) is 0 Å². The van der Waals surface area contributed by atoms with Crippen molar-refractivity contribution >= 4 is 18.3 Å². The Hall–Kier alpha value is -0.320. The van der Waals surface area contributed by atoms with Gasteiger partial charge >= 0.3 is 0 Å². The van der Waals surface area contributed by atoms with Crippen molar-refractivity contribution in [3.8, 4) is 0 Å². The third kappa shape index (κ3) is 4.28. The first-order valence-corrected chi connectivity index (χ1v) is 5.93. The molecule has 94 valence electrons. The second kappa shape index (κ2) is 7.09. The highest BCUT2D eigenvalue weighted by molar-refractivity contribution is 5.85. The second-order valence-electron chi connectivity index (χ2n) is 4.50. The molecule has 2 heterocycles. The van der Waals surface area contributed by atoms with Crippen LogP contribution < -0.4 is 10.6 Å². The molecular weight excluding hydrogens is 228 g/mol. The van der Waals surface area contributed by atoms with Crippen molar-refractivity contribution in [2.75, 3.05) is 26.2 Å². The highest BCUT2D eigenvalue weighted by Crippen LogP contribution is 2.16. The van der Waals surface area contributed by atoms with Gasteiger partial charge < -0.3 is 15.4 Å². The van der Waals surface area contributed by atoms with E-state index in [2.05, 4.69) is 10.6 Å². The second-order valence-corrected chi connectivity index (χ2v) is 4.50. The molecule has 2 N–H and O–H groups in total. The summed E-state index contributed by atoms with van der Waals surface area (Å²) in [5.74, 6) is 0.828. The van der Waals surface area contributed by atoms with Crippen molar-refractivity contribution < 1.29 is 9.53 Å². The quantitative estimate of drug-likeness (QED) is 0.753. The summed E-state index contributed by atoms with van der Waals surface area (Å²) in [4.78, 5) is 11.5. The Morgan fingerprint density at radius 2 is 2.25 bits per heavy atom. The first-order valence-electron chi connectivity index (χ1n) is 5.93. The number of ether oxygens (including phenoxy) is 1. The standard InChI is InChI=1S/C11H20N2O2.ClH/c14-11(13-8-9-6-12-7-9)4-3-10-2-1-5-15-10;/h9-10,12H,1-8H2,(H,13,14);1H. The molecule has 0 radical (unpaired) electrons. The maximum Gasteiger partial charge on any atom is 0.220 e. The SMILES string of the molecule is Cl.O=C(CCC1CCCO1)NCC1CNC1. The molecule has 0 aromatic carbocycles. The molecule has 16 heavy (non-hydrogen) atoms. The minimum absolute atomic E-state index is 0. The van der Waals surface area contributed by atoms with Crippen LogP contribution >= 0.6 is 12.4 Å². The van der Waals surface area contributed by atoms with Crippen molar-refractivity contribution in [2.45, 2.75) is 31.8 Å². The molecule has 2 aliphatic heterocycles. The number of nitrogens with one attached hydrogen (secondary N) is 2. The lowest BCUT2D eigenvalue weighted by Gasteiger charge is -2.27. The predicted octanol–water partition coefficient (Wildman–Crippen LogP) is 0.703. The third-order valence-corrected chi connectivity index (χ3v) is 3.17. The van der Waals surface area contributed by atoms with Gasteiger partial charge in [0.2, 0.25) is 5.91 Å². The Morgan fingerprint density at radius 1 is 1.44 bits per heavy atom. The van der Waals surface area contributed by atoms with E-state index in [1.165, 1.54) is 0 Å². The van der Waals surface area contributed by atoms with E-state index in [4.69, 9.17) is 4.74 Å². The minimum atomic E-state index is 0. The normalized spacial score (nSPS) is 24.6. The van der Waals surface area contributed by atoms with Crippen LogP contribution in [0, 0.1) is 5.92 Å².